The summed E-state index contributed by atoms with van der Waals surface area (Å²) in [5, 5.41) is 5.35. The third kappa shape index (κ3) is 3.09. The van der Waals surface area contributed by atoms with Crippen LogP contribution in [-0.2, 0) is 25.5 Å². The third-order valence-electron chi connectivity index (χ3n) is 5.88. The van der Waals surface area contributed by atoms with Gasteiger partial charge in [-0.15, -0.1) is 11.3 Å². The molecule has 29 heavy (non-hydrogen) atoms. The van der Waals surface area contributed by atoms with Crippen LogP contribution in [0.1, 0.15) is 30.3 Å². The average molecular weight is 413 g/mol. The van der Waals surface area contributed by atoms with E-state index < -0.39 is 29.4 Å². The van der Waals surface area contributed by atoms with Crippen LogP contribution in [0.3, 0.4) is 0 Å². The summed E-state index contributed by atoms with van der Waals surface area (Å²) in [5.41, 5.74) is -0.373. The number of nitrogens with zero attached hydrogens (tertiary/aromatic N) is 1. The Morgan fingerprint density at radius 1 is 1.14 bits per heavy atom. The summed E-state index contributed by atoms with van der Waals surface area (Å²) in [6.07, 6.45) is 0.284. The molecule has 2 aromatic rings. The van der Waals surface area contributed by atoms with E-state index in [2.05, 4.69) is 5.32 Å². The first kappa shape index (κ1) is 19.8. The fourth-order valence-electron chi connectivity index (χ4n) is 4.69. The SMILES string of the molecule is CCOC(=O)C1(Cc2ccccc2)NC(c2cccs2)C2C(=O)N(CC)C(=O)C21. The van der Waals surface area contributed by atoms with Crippen molar-refractivity contribution in [3.63, 3.8) is 0 Å². The van der Waals surface area contributed by atoms with Crippen molar-refractivity contribution < 1.29 is 19.1 Å². The summed E-state index contributed by atoms with van der Waals surface area (Å²) in [7, 11) is 0. The van der Waals surface area contributed by atoms with Crippen LogP contribution in [0.25, 0.3) is 0 Å². The summed E-state index contributed by atoms with van der Waals surface area (Å²) >= 11 is 1.52. The number of rotatable bonds is 6. The summed E-state index contributed by atoms with van der Waals surface area (Å²) in [6.45, 7) is 4.04. The summed E-state index contributed by atoms with van der Waals surface area (Å²) < 4.78 is 5.45. The van der Waals surface area contributed by atoms with E-state index in [1.165, 1.54) is 16.2 Å². The van der Waals surface area contributed by atoms with E-state index in [0.717, 1.165) is 10.4 Å². The number of carbonyl (C=O) groups excluding carboxylic acids is 3. The van der Waals surface area contributed by atoms with Gasteiger partial charge in [-0.2, -0.15) is 0 Å². The maximum Gasteiger partial charge on any atom is 0.327 e. The number of thiophene rings is 1. The lowest BCUT2D eigenvalue weighted by molar-refractivity contribution is -0.156. The molecule has 4 rings (SSSR count). The predicted molar refractivity (Wildman–Crippen MR) is 109 cm³/mol. The molecule has 2 fully saturated rings. The number of fused-ring (bicyclic) bond motifs is 1. The number of carbonyl (C=O) groups is 3. The molecule has 3 heterocycles. The lowest BCUT2D eigenvalue weighted by Crippen LogP contribution is -2.58. The van der Waals surface area contributed by atoms with Crippen molar-refractivity contribution in [3.05, 3.63) is 58.3 Å². The van der Waals surface area contributed by atoms with Gasteiger partial charge in [0, 0.05) is 17.8 Å². The van der Waals surface area contributed by atoms with Crippen LogP contribution >= 0.6 is 11.3 Å². The second-order valence-corrected chi connectivity index (χ2v) is 8.40. The number of likely N-dealkylation sites (tertiary alicyclic amines) is 1. The van der Waals surface area contributed by atoms with Crippen molar-refractivity contribution in [1.82, 2.24) is 10.2 Å². The van der Waals surface area contributed by atoms with E-state index in [1.807, 2.05) is 47.8 Å². The zero-order valence-electron chi connectivity index (χ0n) is 16.5. The Labute approximate surface area is 173 Å². The smallest absolute Gasteiger partial charge is 0.327 e. The largest absolute Gasteiger partial charge is 0.465 e. The summed E-state index contributed by atoms with van der Waals surface area (Å²) in [6, 6.07) is 13.0. The van der Waals surface area contributed by atoms with Gasteiger partial charge in [0.1, 0.15) is 5.54 Å². The Kier molecular flexibility index (Phi) is 5.27. The van der Waals surface area contributed by atoms with Crippen molar-refractivity contribution in [2.75, 3.05) is 13.2 Å². The predicted octanol–water partition coefficient (Wildman–Crippen LogP) is 2.56. The van der Waals surface area contributed by atoms with Gasteiger partial charge in [0.05, 0.1) is 24.5 Å². The highest BCUT2D eigenvalue weighted by Crippen LogP contribution is 2.51. The second-order valence-electron chi connectivity index (χ2n) is 7.42. The van der Waals surface area contributed by atoms with Crippen LogP contribution in [-0.4, -0.2) is 41.4 Å². The lowest BCUT2D eigenvalue weighted by Gasteiger charge is -2.32. The maximum absolute atomic E-state index is 13.3. The minimum atomic E-state index is -1.28. The van der Waals surface area contributed by atoms with Gasteiger partial charge in [0.2, 0.25) is 11.8 Å². The third-order valence-corrected chi connectivity index (χ3v) is 6.83. The fraction of sp³-hybridized carbons (Fsp3) is 0.409. The Balaban J connectivity index is 1.85. The molecule has 0 bridgehead atoms. The Bertz CT molecular complexity index is 914. The zero-order valence-corrected chi connectivity index (χ0v) is 17.3. The highest BCUT2D eigenvalue weighted by atomic mass is 32.1. The first-order valence-electron chi connectivity index (χ1n) is 9.91. The minimum Gasteiger partial charge on any atom is -0.465 e. The van der Waals surface area contributed by atoms with Gasteiger partial charge in [-0.05, 0) is 30.9 Å². The maximum atomic E-state index is 13.3. The molecule has 7 heteroatoms. The fourth-order valence-corrected chi connectivity index (χ4v) is 5.51. The molecule has 2 saturated heterocycles. The Morgan fingerprint density at radius 2 is 1.90 bits per heavy atom. The molecule has 0 saturated carbocycles. The van der Waals surface area contributed by atoms with Crippen LogP contribution in [0, 0.1) is 11.8 Å². The molecular formula is C22H24N2O4S. The summed E-state index contributed by atoms with van der Waals surface area (Å²) in [4.78, 5) is 42.0. The molecule has 2 amide bonds. The van der Waals surface area contributed by atoms with E-state index in [1.54, 1.807) is 13.8 Å². The molecule has 152 valence electrons. The molecule has 2 aliphatic heterocycles. The van der Waals surface area contributed by atoms with Gasteiger partial charge in [0.15, 0.2) is 0 Å². The average Bonchev–Trinajstić information content (AvgIpc) is 3.41. The second kappa shape index (κ2) is 7.72. The number of imide groups is 1. The van der Waals surface area contributed by atoms with E-state index >= 15 is 0 Å². The Morgan fingerprint density at radius 3 is 2.52 bits per heavy atom. The quantitative estimate of drug-likeness (QED) is 0.583. The normalized spacial score (nSPS) is 28.6. The van der Waals surface area contributed by atoms with Crippen LogP contribution in [0.2, 0.25) is 0 Å². The van der Waals surface area contributed by atoms with Crippen molar-refractivity contribution in [2.24, 2.45) is 11.8 Å². The molecular weight excluding hydrogens is 388 g/mol. The van der Waals surface area contributed by atoms with Gasteiger partial charge in [-0.1, -0.05) is 36.4 Å². The van der Waals surface area contributed by atoms with Crippen molar-refractivity contribution in [2.45, 2.75) is 31.8 Å². The number of nitrogens with one attached hydrogen (secondary N) is 1. The molecule has 1 N–H and O–H groups in total. The molecule has 6 nitrogen and oxygen atoms in total. The minimum absolute atomic E-state index is 0.206. The van der Waals surface area contributed by atoms with E-state index in [9.17, 15) is 14.4 Å². The molecule has 0 aliphatic carbocycles. The Hall–Kier alpha value is -2.51. The van der Waals surface area contributed by atoms with Gasteiger partial charge in [0.25, 0.3) is 0 Å². The van der Waals surface area contributed by atoms with Crippen LogP contribution in [0.15, 0.2) is 47.8 Å². The lowest BCUT2D eigenvalue weighted by atomic mass is 9.76. The summed E-state index contributed by atoms with van der Waals surface area (Å²) in [5.74, 6) is -2.39. The van der Waals surface area contributed by atoms with Crippen molar-refractivity contribution in [3.8, 4) is 0 Å². The van der Waals surface area contributed by atoms with Gasteiger partial charge < -0.3 is 4.74 Å². The molecule has 0 radical (unpaired) electrons. The molecule has 1 aromatic carbocycles. The molecule has 4 unspecified atom stereocenters. The topological polar surface area (TPSA) is 75.7 Å². The van der Waals surface area contributed by atoms with Crippen molar-refractivity contribution in [1.29, 1.82) is 0 Å². The van der Waals surface area contributed by atoms with Gasteiger partial charge in [-0.25, -0.2) is 0 Å². The number of esters is 1. The van der Waals surface area contributed by atoms with E-state index in [-0.39, 0.29) is 24.8 Å². The number of amides is 2. The number of hydrogen-bond donors (Lipinski definition) is 1. The number of hydrogen-bond acceptors (Lipinski definition) is 6. The van der Waals surface area contributed by atoms with Crippen LogP contribution in [0.4, 0.5) is 0 Å². The van der Waals surface area contributed by atoms with Crippen LogP contribution < -0.4 is 5.32 Å². The highest BCUT2D eigenvalue weighted by molar-refractivity contribution is 7.10. The number of benzene rings is 1. The highest BCUT2D eigenvalue weighted by Gasteiger charge is 2.68. The van der Waals surface area contributed by atoms with Gasteiger partial charge >= 0.3 is 5.97 Å². The molecule has 1 aromatic heterocycles. The first-order valence-corrected chi connectivity index (χ1v) is 10.8. The standard InChI is InChI=1S/C22H24N2O4S/c1-3-24-19(25)16-17(20(24)26)22(21(27)28-4-2,13-14-9-6-5-7-10-14)23-18(16)15-11-8-12-29-15/h5-12,16-18,23H,3-4,13H2,1-2H3. The van der Waals surface area contributed by atoms with E-state index in [4.69, 9.17) is 4.74 Å². The van der Waals surface area contributed by atoms with E-state index in [0.29, 0.717) is 6.54 Å². The number of ether oxygens (including phenoxy) is 1. The van der Waals surface area contributed by atoms with Crippen LogP contribution in [0.5, 0.6) is 0 Å². The monoisotopic (exact) mass is 412 g/mol. The first-order chi connectivity index (χ1) is 14.0. The molecule has 4 atom stereocenters. The van der Waals surface area contributed by atoms with Crippen molar-refractivity contribution >= 4 is 29.1 Å². The zero-order chi connectivity index (χ0) is 20.6. The molecule has 2 aliphatic rings. The molecule has 0 spiro atoms. The van der Waals surface area contributed by atoms with Gasteiger partial charge in [-0.3, -0.25) is 24.6 Å².